The summed E-state index contributed by atoms with van der Waals surface area (Å²) in [5, 5.41) is 3.21. The molecule has 130 valence electrons. The summed E-state index contributed by atoms with van der Waals surface area (Å²) >= 11 is 0. The Kier molecular flexibility index (Phi) is 4.33. The number of hydrogen-bond acceptors (Lipinski definition) is 3. The highest BCUT2D eigenvalue weighted by atomic mass is 16.3. The van der Waals surface area contributed by atoms with Crippen molar-refractivity contribution >= 4 is 11.8 Å². The summed E-state index contributed by atoms with van der Waals surface area (Å²) in [6.07, 6.45) is 10.9. The molecule has 1 aromatic rings. The van der Waals surface area contributed by atoms with Gasteiger partial charge in [0.25, 0.3) is 5.91 Å². The molecule has 3 aliphatic rings. The van der Waals surface area contributed by atoms with Gasteiger partial charge in [-0.2, -0.15) is 0 Å². The molecule has 3 atom stereocenters. The zero-order chi connectivity index (χ0) is 16.5. The highest BCUT2D eigenvalue weighted by molar-refractivity contribution is 5.96. The van der Waals surface area contributed by atoms with Crippen LogP contribution in [0.4, 0.5) is 0 Å². The summed E-state index contributed by atoms with van der Waals surface area (Å²) in [5.74, 6) is 1.65. The molecule has 2 heterocycles. The van der Waals surface area contributed by atoms with E-state index in [1.54, 1.807) is 17.0 Å². The van der Waals surface area contributed by atoms with Gasteiger partial charge in [0.15, 0.2) is 5.76 Å². The van der Waals surface area contributed by atoms with E-state index in [4.69, 9.17) is 4.42 Å². The predicted molar refractivity (Wildman–Crippen MR) is 89.4 cm³/mol. The number of likely N-dealkylation sites (tertiary alicyclic amines) is 1. The summed E-state index contributed by atoms with van der Waals surface area (Å²) in [5.41, 5.74) is 0. The molecule has 2 aliphatic carbocycles. The molecule has 1 aromatic heterocycles. The number of furan rings is 1. The molecule has 4 rings (SSSR count). The van der Waals surface area contributed by atoms with Crippen LogP contribution in [-0.2, 0) is 4.79 Å². The zero-order valence-corrected chi connectivity index (χ0v) is 14.1. The lowest BCUT2D eigenvalue weighted by Crippen LogP contribution is -2.46. The fraction of sp³-hybridized carbons (Fsp3) is 0.684. The van der Waals surface area contributed by atoms with E-state index in [9.17, 15) is 9.59 Å². The molecule has 24 heavy (non-hydrogen) atoms. The maximum Gasteiger partial charge on any atom is 0.290 e. The van der Waals surface area contributed by atoms with Gasteiger partial charge in [0.2, 0.25) is 5.91 Å². The third-order valence-electron chi connectivity index (χ3n) is 5.97. The van der Waals surface area contributed by atoms with Crippen molar-refractivity contribution in [3.05, 3.63) is 24.2 Å². The number of amides is 2. The molecule has 0 unspecified atom stereocenters. The maximum absolute atomic E-state index is 12.7. The van der Waals surface area contributed by atoms with E-state index in [0.717, 1.165) is 25.2 Å². The normalized spacial score (nSPS) is 30.3. The number of carbonyl (C=O) groups is 2. The van der Waals surface area contributed by atoms with Gasteiger partial charge in [-0.25, -0.2) is 0 Å². The Hall–Kier alpha value is -1.78. The molecule has 0 bridgehead atoms. The topological polar surface area (TPSA) is 62.6 Å². The van der Waals surface area contributed by atoms with Crippen LogP contribution < -0.4 is 5.32 Å². The van der Waals surface area contributed by atoms with Crippen LogP contribution in [0.3, 0.4) is 0 Å². The van der Waals surface area contributed by atoms with Crippen LogP contribution in [0.1, 0.15) is 61.9 Å². The predicted octanol–water partition coefficient (Wildman–Crippen LogP) is 2.97. The molecule has 1 aliphatic heterocycles. The maximum atomic E-state index is 12.7. The van der Waals surface area contributed by atoms with Gasteiger partial charge < -0.3 is 14.6 Å². The monoisotopic (exact) mass is 330 g/mol. The Morgan fingerprint density at radius 1 is 1.12 bits per heavy atom. The van der Waals surface area contributed by atoms with Gasteiger partial charge in [-0.05, 0) is 43.2 Å². The van der Waals surface area contributed by atoms with Crippen LogP contribution in [0.5, 0.6) is 0 Å². The summed E-state index contributed by atoms with van der Waals surface area (Å²) in [7, 11) is 0. The van der Waals surface area contributed by atoms with Crippen LogP contribution in [0.25, 0.3) is 0 Å². The van der Waals surface area contributed by atoms with Crippen molar-refractivity contribution in [3.8, 4) is 0 Å². The minimum absolute atomic E-state index is 0.0238. The highest BCUT2D eigenvalue weighted by Gasteiger charge is 2.45. The lowest BCUT2D eigenvalue weighted by atomic mass is 9.85. The van der Waals surface area contributed by atoms with Gasteiger partial charge in [0.1, 0.15) is 6.04 Å². The summed E-state index contributed by atoms with van der Waals surface area (Å²) in [4.78, 5) is 26.8. The molecule has 0 radical (unpaired) electrons. The van der Waals surface area contributed by atoms with E-state index in [1.807, 2.05) is 0 Å². The number of nitrogens with zero attached hydrogens (tertiary/aromatic N) is 1. The van der Waals surface area contributed by atoms with E-state index in [-0.39, 0.29) is 17.9 Å². The smallest absolute Gasteiger partial charge is 0.290 e. The minimum atomic E-state index is -0.338. The summed E-state index contributed by atoms with van der Waals surface area (Å²) in [6, 6.07) is 3.37. The Morgan fingerprint density at radius 2 is 1.96 bits per heavy atom. The number of carbonyl (C=O) groups excluding carboxylic acids is 2. The van der Waals surface area contributed by atoms with Crippen molar-refractivity contribution in [1.82, 2.24) is 10.2 Å². The highest BCUT2D eigenvalue weighted by Crippen LogP contribution is 2.44. The van der Waals surface area contributed by atoms with Gasteiger partial charge in [-0.15, -0.1) is 0 Å². The first-order chi connectivity index (χ1) is 11.7. The molecule has 2 amide bonds. The van der Waals surface area contributed by atoms with Gasteiger partial charge in [0, 0.05) is 12.6 Å². The van der Waals surface area contributed by atoms with E-state index < -0.39 is 0 Å². The van der Waals surface area contributed by atoms with Crippen molar-refractivity contribution < 1.29 is 14.0 Å². The van der Waals surface area contributed by atoms with Crippen LogP contribution in [-0.4, -0.2) is 35.3 Å². The molecule has 5 heteroatoms. The van der Waals surface area contributed by atoms with Crippen LogP contribution in [0, 0.1) is 11.8 Å². The second kappa shape index (κ2) is 6.61. The van der Waals surface area contributed by atoms with Gasteiger partial charge in [0.05, 0.1) is 6.26 Å². The summed E-state index contributed by atoms with van der Waals surface area (Å²) < 4.78 is 5.20. The molecular weight excluding hydrogens is 304 g/mol. The average molecular weight is 330 g/mol. The van der Waals surface area contributed by atoms with Gasteiger partial charge in [-0.1, -0.05) is 32.1 Å². The third-order valence-corrected chi connectivity index (χ3v) is 5.97. The fourth-order valence-electron chi connectivity index (χ4n) is 4.57. The first-order valence-electron chi connectivity index (χ1n) is 9.39. The molecule has 3 fully saturated rings. The molecule has 2 saturated carbocycles. The first-order valence-corrected chi connectivity index (χ1v) is 9.39. The number of hydrogen-bond donors (Lipinski definition) is 1. The third kappa shape index (κ3) is 3.08. The zero-order valence-electron chi connectivity index (χ0n) is 14.1. The fourth-order valence-corrected chi connectivity index (χ4v) is 4.57. The van der Waals surface area contributed by atoms with E-state index in [1.165, 1.54) is 38.4 Å². The molecule has 0 aromatic carbocycles. The Bertz CT molecular complexity index is 592. The standard InChI is InChI=1S/C19H26N2O3/c22-18(20-15-12-14(15)13-6-2-1-3-7-13)16-8-4-10-21(16)19(23)17-9-5-11-24-17/h5,9,11,13-16H,1-4,6-8,10,12H2,(H,20,22)/t14-,15-,16+/m1/s1. The lowest BCUT2D eigenvalue weighted by Gasteiger charge is -2.24. The van der Waals surface area contributed by atoms with E-state index in [2.05, 4.69) is 5.32 Å². The van der Waals surface area contributed by atoms with Crippen molar-refractivity contribution in [2.75, 3.05) is 6.54 Å². The molecular formula is C19H26N2O3. The van der Waals surface area contributed by atoms with Crippen molar-refractivity contribution in [2.24, 2.45) is 11.8 Å². The number of rotatable bonds is 4. The Labute approximate surface area is 142 Å². The molecule has 1 saturated heterocycles. The second-order valence-electron chi connectivity index (χ2n) is 7.55. The molecule has 0 spiro atoms. The summed E-state index contributed by atoms with van der Waals surface area (Å²) in [6.45, 7) is 0.633. The van der Waals surface area contributed by atoms with Crippen LogP contribution in [0.2, 0.25) is 0 Å². The SMILES string of the molecule is O=C(N[C@@H]1C[C@@H]1C1CCCCC1)[C@@H]1CCCN1C(=O)c1ccco1. The van der Waals surface area contributed by atoms with Gasteiger partial charge >= 0.3 is 0 Å². The average Bonchev–Trinajstić information content (AvgIpc) is 3.05. The minimum Gasteiger partial charge on any atom is -0.459 e. The van der Waals surface area contributed by atoms with Gasteiger partial charge in [-0.3, -0.25) is 9.59 Å². The number of nitrogens with one attached hydrogen (secondary N) is 1. The second-order valence-corrected chi connectivity index (χ2v) is 7.55. The lowest BCUT2D eigenvalue weighted by molar-refractivity contribution is -0.125. The first kappa shape index (κ1) is 15.7. The van der Waals surface area contributed by atoms with Crippen molar-refractivity contribution in [2.45, 2.75) is 63.5 Å². The van der Waals surface area contributed by atoms with Crippen molar-refractivity contribution in [1.29, 1.82) is 0 Å². The van der Waals surface area contributed by atoms with Crippen molar-refractivity contribution in [3.63, 3.8) is 0 Å². The van der Waals surface area contributed by atoms with E-state index in [0.29, 0.717) is 24.3 Å². The largest absolute Gasteiger partial charge is 0.459 e. The van der Waals surface area contributed by atoms with Crippen LogP contribution >= 0.6 is 0 Å². The molecule has 5 nitrogen and oxygen atoms in total. The Balaban J connectivity index is 1.33. The quantitative estimate of drug-likeness (QED) is 0.923. The Morgan fingerprint density at radius 3 is 2.71 bits per heavy atom. The van der Waals surface area contributed by atoms with E-state index >= 15 is 0 Å². The van der Waals surface area contributed by atoms with Crippen LogP contribution in [0.15, 0.2) is 22.8 Å². The molecule has 1 N–H and O–H groups in total.